The summed E-state index contributed by atoms with van der Waals surface area (Å²) in [5.74, 6) is 0.364. The Balaban J connectivity index is 1.62. The molecule has 0 spiro atoms. The molecule has 1 amide bonds. The fraction of sp³-hybridized carbons (Fsp3) is 0.368. The van der Waals surface area contributed by atoms with Crippen LogP contribution in [0.5, 0.6) is 11.5 Å². The van der Waals surface area contributed by atoms with Gasteiger partial charge in [-0.3, -0.25) is 9.78 Å². The number of nitrogens with zero attached hydrogens (tertiary/aromatic N) is 2. The van der Waals surface area contributed by atoms with Crippen molar-refractivity contribution in [1.82, 2.24) is 15.2 Å². The summed E-state index contributed by atoms with van der Waals surface area (Å²) in [6, 6.07) is 7.02. The number of halogens is 1. The maximum Gasteiger partial charge on any atom is 0.253 e. The number of carbonyl (C=O) groups is 1. The second-order valence-corrected chi connectivity index (χ2v) is 6.95. The Morgan fingerprint density at radius 2 is 2.22 bits per heavy atom. The molecule has 0 unspecified atom stereocenters. The first-order valence-corrected chi connectivity index (χ1v) is 9.21. The molecule has 1 aromatic carbocycles. The molecule has 2 aliphatic rings. The van der Waals surface area contributed by atoms with Gasteiger partial charge in [-0.1, -0.05) is 11.6 Å². The van der Waals surface area contributed by atoms with Crippen LogP contribution in [0.2, 0.25) is 5.02 Å². The van der Waals surface area contributed by atoms with Crippen LogP contribution in [-0.2, 0) is 16.1 Å². The maximum absolute atomic E-state index is 12.8. The van der Waals surface area contributed by atoms with Crippen LogP contribution in [0, 0.1) is 0 Å². The topological polar surface area (TPSA) is 83.9 Å². The summed E-state index contributed by atoms with van der Waals surface area (Å²) in [5, 5.41) is 14.1. The average molecular weight is 390 g/mol. The number of hydrogen-bond acceptors (Lipinski definition) is 6. The van der Waals surface area contributed by atoms with Crippen LogP contribution < -0.4 is 10.1 Å². The second kappa shape index (κ2) is 7.72. The van der Waals surface area contributed by atoms with Crippen molar-refractivity contribution < 1.29 is 19.4 Å². The van der Waals surface area contributed by atoms with Gasteiger partial charge < -0.3 is 24.8 Å². The van der Waals surface area contributed by atoms with E-state index in [0.717, 1.165) is 17.7 Å². The molecule has 27 heavy (non-hydrogen) atoms. The van der Waals surface area contributed by atoms with E-state index in [2.05, 4.69) is 10.3 Å². The number of ether oxygens (including phenoxy) is 2. The Labute approximate surface area is 161 Å². The summed E-state index contributed by atoms with van der Waals surface area (Å²) in [6.07, 6.45) is 1.06. The van der Waals surface area contributed by atoms with Crippen molar-refractivity contribution in [1.29, 1.82) is 0 Å². The highest BCUT2D eigenvalue weighted by Gasteiger charge is 2.29. The lowest BCUT2D eigenvalue weighted by molar-refractivity contribution is -0.146. The van der Waals surface area contributed by atoms with Crippen molar-refractivity contribution in [3.63, 3.8) is 0 Å². The van der Waals surface area contributed by atoms with Crippen molar-refractivity contribution in [3.05, 3.63) is 41.0 Å². The highest BCUT2D eigenvalue weighted by molar-refractivity contribution is 6.30. The predicted octanol–water partition coefficient (Wildman–Crippen LogP) is 1.82. The van der Waals surface area contributed by atoms with Gasteiger partial charge in [-0.2, -0.15) is 0 Å². The molecule has 1 atom stereocenters. The van der Waals surface area contributed by atoms with Crippen molar-refractivity contribution in [3.8, 4) is 22.8 Å². The zero-order chi connectivity index (χ0) is 18.8. The number of amides is 1. The summed E-state index contributed by atoms with van der Waals surface area (Å²) in [7, 11) is 0. The Morgan fingerprint density at radius 3 is 2.96 bits per heavy atom. The van der Waals surface area contributed by atoms with Crippen molar-refractivity contribution in [2.24, 2.45) is 0 Å². The highest BCUT2D eigenvalue weighted by Crippen LogP contribution is 2.37. The number of aromatic hydroxyl groups is 1. The van der Waals surface area contributed by atoms with Crippen LogP contribution in [0.3, 0.4) is 0 Å². The molecule has 2 aromatic rings. The molecule has 1 saturated heterocycles. The second-order valence-electron chi connectivity index (χ2n) is 6.52. The zero-order valence-corrected chi connectivity index (χ0v) is 15.4. The normalized spacial score (nSPS) is 19.7. The van der Waals surface area contributed by atoms with E-state index in [1.807, 2.05) is 6.07 Å². The molecule has 0 bridgehead atoms. The molecule has 4 rings (SSSR count). The number of rotatable bonds is 2. The maximum atomic E-state index is 12.8. The summed E-state index contributed by atoms with van der Waals surface area (Å²) < 4.78 is 11.3. The number of benzene rings is 1. The van der Waals surface area contributed by atoms with Crippen molar-refractivity contribution in [2.75, 3.05) is 32.8 Å². The smallest absolute Gasteiger partial charge is 0.253 e. The Hall–Kier alpha value is -2.35. The standard InChI is InChI=1S/C19H20ClN3O4/c20-14-1-2-15(22-9-14)12-7-13-11-23(4-6-27-18(13)16(24)8-12)19(25)17-10-21-3-5-26-17/h1-2,7-9,17,21,24H,3-6,10-11H2/t17-/m1/s1. The van der Waals surface area contributed by atoms with Crippen LogP contribution in [0.4, 0.5) is 0 Å². The number of pyridine rings is 1. The van der Waals surface area contributed by atoms with E-state index in [0.29, 0.717) is 49.3 Å². The summed E-state index contributed by atoms with van der Waals surface area (Å²) in [5.41, 5.74) is 2.15. The number of fused-ring (bicyclic) bond motifs is 1. The Bertz CT molecular complexity index is 838. The van der Waals surface area contributed by atoms with Crippen LogP contribution in [0.15, 0.2) is 30.5 Å². The molecule has 8 heteroatoms. The van der Waals surface area contributed by atoms with Gasteiger partial charge in [-0.15, -0.1) is 0 Å². The van der Waals surface area contributed by atoms with Crippen LogP contribution >= 0.6 is 11.6 Å². The largest absolute Gasteiger partial charge is 0.504 e. The van der Waals surface area contributed by atoms with Crippen LogP contribution in [0.25, 0.3) is 11.3 Å². The van der Waals surface area contributed by atoms with E-state index in [9.17, 15) is 9.90 Å². The van der Waals surface area contributed by atoms with Gasteiger partial charge in [-0.25, -0.2) is 0 Å². The lowest BCUT2D eigenvalue weighted by Crippen LogP contribution is -2.49. The monoisotopic (exact) mass is 389 g/mol. The van der Waals surface area contributed by atoms with E-state index < -0.39 is 6.10 Å². The number of hydrogen-bond donors (Lipinski definition) is 2. The Morgan fingerprint density at radius 1 is 1.33 bits per heavy atom. The van der Waals surface area contributed by atoms with E-state index in [4.69, 9.17) is 21.1 Å². The quantitative estimate of drug-likeness (QED) is 0.815. The fourth-order valence-corrected chi connectivity index (χ4v) is 3.42. The van der Waals surface area contributed by atoms with Gasteiger partial charge in [0.1, 0.15) is 12.7 Å². The predicted molar refractivity (Wildman–Crippen MR) is 99.9 cm³/mol. The van der Waals surface area contributed by atoms with E-state index in [1.54, 1.807) is 29.3 Å². The number of phenols is 1. The number of nitrogens with one attached hydrogen (secondary N) is 1. The average Bonchev–Trinajstić information content (AvgIpc) is 2.91. The number of phenolic OH excluding ortho intramolecular Hbond substituents is 1. The minimum Gasteiger partial charge on any atom is -0.504 e. The summed E-state index contributed by atoms with van der Waals surface area (Å²) in [4.78, 5) is 18.8. The number of carbonyl (C=O) groups excluding carboxylic acids is 1. The third-order valence-electron chi connectivity index (χ3n) is 4.65. The number of morpholine rings is 1. The molecular formula is C19H20ClN3O4. The molecule has 142 valence electrons. The highest BCUT2D eigenvalue weighted by atomic mass is 35.5. The summed E-state index contributed by atoms with van der Waals surface area (Å²) in [6.45, 7) is 2.85. The lowest BCUT2D eigenvalue weighted by atomic mass is 10.0. The minimum atomic E-state index is -0.491. The molecule has 2 aliphatic heterocycles. The van der Waals surface area contributed by atoms with Gasteiger partial charge >= 0.3 is 0 Å². The fourth-order valence-electron chi connectivity index (χ4n) is 3.31. The van der Waals surface area contributed by atoms with Gasteiger partial charge in [0.25, 0.3) is 5.91 Å². The first kappa shape index (κ1) is 18.0. The van der Waals surface area contributed by atoms with Crippen molar-refractivity contribution in [2.45, 2.75) is 12.6 Å². The zero-order valence-electron chi connectivity index (χ0n) is 14.7. The molecule has 3 heterocycles. The minimum absolute atomic E-state index is 0.0316. The summed E-state index contributed by atoms with van der Waals surface area (Å²) >= 11 is 5.90. The van der Waals surface area contributed by atoms with E-state index >= 15 is 0 Å². The molecule has 1 fully saturated rings. The molecule has 0 aliphatic carbocycles. The lowest BCUT2D eigenvalue weighted by Gasteiger charge is -2.28. The third kappa shape index (κ3) is 3.85. The van der Waals surface area contributed by atoms with E-state index in [1.165, 1.54) is 0 Å². The van der Waals surface area contributed by atoms with Gasteiger partial charge in [0.05, 0.1) is 23.9 Å². The van der Waals surface area contributed by atoms with Gasteiger partial charge in [0, 0.05) is 37.0 Å². The molecule has 0 saturated carbocycles. The van der Waals surface area contributed by atoms with Crippen molar-refractivity contribution >= 4 is 17.5 Å². The molecule has 1 aromatic heterocycles. The molecule has 0 radical (unpaired) electrons. The molecular weight excluding hydrogens is 370 g/mol. The van der Waals surface area contributed by atoms with Gasteiger partial charge in [0.2, 0.25) is 0 Å². The van der Waals surface area contributed by atoms with E-state index in [-0.39, 0.29) is 11.7 Å². The van der Waals surface area contributed by atoms with Crippen LogP contribution in [-0.4, -0.2) is 59.8 Å². The first-order chi connectivity index (χ1) is 13.1. The SMILES string of the molecule is O=C([C@H]1CNCCO1)N1CCOc2c(O)cc(-c3ccc(Cl)cn3)cc2C1. The van der Waals surface area contributed by atoms with Gasteiger partial charge in [-0.05, 0) is 24.3 Å². The molecule has 2 N–H and O–H groups in total. The van der Waals surface area contributed by atoms with Crippen LogP contribution in [0.1, 0.15) is 5.56 Å². The van der Waals surface area contributed by atoms with Gasteiger partial charge in [0.15, 0.2) is 11.5 Å². The molecule has 7 nitrogen and oxygen atoms in total. The first-order valence-electron chi connectivity index (χ1n) is 8.83. The number of aromatic nitrogens is 1. The third-order valence-corrected chi connectivity index (χ3v) is 4.88. The Kier molecular flexibility index (Phi) is 5.15.